The molecule has 2 rings (SSSR count). The van der Waals surface area contributed by atoms with E-state index in [0.717, 1.165) is 4.57 Å². The smallest absolute Gasteiger partial charge is 0.337 e. The molecule has 0 fully saturated rings. The Balaban J connectivity index is 2.49. The number of carbonyl (C=O) groups excluding carboxylic acids is 2. The normalized spacial score (nSPS) is 13.1. The topological polar surface area (TPSA) is 99.1 Å². The Morgan fingerprint density at radius 1 is 1.18 bits per heavy atom. The zero-order chi connectivity index (χ0) is 16.7. The van der Waals surface area contributed by atoms with Gasteiger partial charge in [-0.15, -0.1) is 0 Å². The van der Waals surface area contributed by atoms with Gasteiger partial charge in [0.25, 0.3) is 0 Å². The first kappa shape index (κ1) is 15.8. The second-order valence-corrected chi connectivity index (χ2v) is 6.32. The van der Waals surface area contributed by atoms with E-state index in [1.54, 1.807) is 52.1 Å². The molecule has 0 aliphatic carbocycles. The molecule has 0 aliphatic heterocycles. The van der Waals surface area contributed by atoms with Crippen molar-refractivity contribution in [2.45, 2.75) is 26.8 Å². The van der Waals surface area contributed by atoms with Crippen molar-refractivity contribution in [2.24, 2.45) is 18.2 Å². The summed E-state index contributed by atoms with van der Waals surface area (Å²) < 4.78 is 2.39. The molecule has 2 amide bonds. The van der Waals surface area contributed by atoms with Crippen LogP contribution in [0.1, 0.15) is 20.8 Å². The number of nitrogens with one attached hydrogen (secondary N) is 1. The molecule has 0 radical (unpaired) electrons. The minimum atomic E-state index is -0.883. The van der Waals surface area contributed by atoms with Crippen LogP contribution in [0.25, 0.3) is 11.0 Å². The lowest BCUT2D eigenvalue weighted by molar-refractivity contribution is -0.122. The average Bonchev–Trinajstić information content (AvgIpc) is 2.67. The van der Waals surface area contributed by atoms with Crippen LogP contribution in [-0.4, -0.2) is 27.1 Å². The van der Waals surface area contributed by atoms with Gasteiger partial charge < -0.3 is 11.1 Å². The minimum Gasteiger partial charge on any atom is -0.368 e. The van der Waals surface area contributed by atoms with Crippen LogP contribution in [0.4, 0.5) is 4.79 Å². The third-order valence-electron chi connectivity index (χ3n) is 3.58. The molecule has 1 atom stereocenters. The number of rotatable bonds is 2. The van der Waals surface area contributed by atoms with Crippen molar-refractivity contribution >= 4 is 23.0 Å². The molecule has 0 saturated heterocycles. The van der Waals surface area contributed by atoms with Gasteiger partial charge in [-0.2, -0.15) is 0 Å². The number of para-hydroxylation sites is 2. The molecular weight excluding hydrogens is 284 g/mol. The van der Waals surface area contributed by atoms with Gasteiger partial charge in [-0.25, -0.2) is 14.2 Å². The SMILES string of the molecule is Cn1c(=O)n(C(=O)N[C@H](C(N)=O)C(C)(C)C)c2ccccc21. The van der Waals surface area contributed by atoms with Crippen molar-refractivity contribution < 1.29 is 9.59 Å². The fraction of sp³-hybridized carbons (Fsp3) is 0.400. The van der Waals surface area contributed by atoms with Crippen LogP contribution in [0.5, 0.6) is 0 Å². The van der Waals surface area contributed by atoms with Crippen molar-refractivity contribution in [1.29, 1.82) is 0 Å². The Kier molecular flexibility index (Phi) is 3.83. The summed E-state index contributed by atoms with van der Waals surface area (Å²) in [5.74, 6) is -0.644. The number of carbonyl (C=O) groups is 2. The van der Waals surface area contributed by atoms with Crippen molar-refractivity contribution in [1.82, 2.24) is 14.5 Å². The molecule has 0 bridgehead atoms. The maximum absolute atomic E-state index is 12.5. The Bertz CT molecular complexity index is 795. The van der Waals surface area contributed by atoms with E-state index in [2.05, 4.69) is 5.32 Å². The van der Waals surface area contributed by atoms with Crippen LogP contribution >= 0.6 is 0 Å². The number of hydrogen-bond acceptors (Lipinski definition) is 3. The van der Waals surface area contributed by atoms with Gasteiger partial charge in [-0.3, -0.25) is 9.36 Å². The highest BCUT2D eigenvalue weighted by Crippen LogP contribution is 2.19. The van der Waals surface area contributed by atoms with Gasteiger partial charge in [0.1, 0.15) is 6.04 Å². The summed E-state index contributed by atoms with van der Waals surface area (Å²) in [6.07, 6.45) is 0. The molecule has 7 heteroatoms. The molecule has 7 nitrogen and oxygen atoms in total. The Morgan fingerprint density at radius 3 is 2.23 bits per heavy atom. The first-order valence-electron chi connectivity index (χ1n) is 6.91. The van der Waals surface area contributed by atoms with E-state index in [-0.39, 0.29) is 0 Å². The molecule has 1 heterocycles. The second-order valence-electron chi connectivity index (χ2n) is 6.32. The third-order valence-corrected chi connectivity index (χ3v) is 3.58. The maximum Gasteiger partial charge on any atom is 0.337 e. The van der Waals surface area contributed by atoms with Crippen LogP contribution < -0.4 is 16.7 Å². The zero-order valence-corrected chi connectivity index (χ0v) is 13.1. The number of amides is 2. The molecule has 0 spiro atoms. The summed E-state index contributed by atoms with van der Waals surface area (Å²) >= 11 is 0. The number of aromatic nitrogens is 2. The standard InChI is InChI=1S/C15H20N4O3/c1-15(2,3)11(12(16)20)17-13(21)19-10-8-6-5-7-9(10)18(4)14(19)22/h5-8,11H,1-4H3,(H2,16,20)(H,17,21)/t11-/m1/s1. The lowest BCUT2D eigenvalue weighted by Crippen LogP contribution is -2.54. The van der Waals surface area contributed by atoms with E-state index < -0.39 is 29.1 Å². The van der Waals surface area contributed by atoms with E-state index in [1.807, 2.05) is 0 Å². The largest absolute Gasteiger partial charge is 0.368 e. The maximum atomic E-state index is 12.5. The Labute approximate surface area is 127 Å². The van der Waals surface area contributed by atoms with Crippen LogP contribution in [0, 0.1) is 5.41 Å². The predicted octanol–water partition coefficient (Wildman–Crippen LogP) is 0.798. The Hall–Kier alpha value is -2.57. The molecule has 3 N–H and O–H groups in total. The zero-order valence-electron chi connectivity index (χ0n) is 13.1. The minimum absolute atomic E-state index is 0.476. The van der Waals surface area contributed by atoms with Gasteiger partial charge in [-0.05, 0) is 17.5 Å². The fourth-order valence-corrected chi connectivity index (χ4v) is 2.39. The number of benzene rings is 1. The molecular formula is C15H20N4O3. The summed E-state index contributed by atoms with van der Waals surface area (Å²) in [5, 5.41) is 2.56. The van der Waals surface area contributed by atoms with Gasteiger partial charge in [0, 0.05) is 7.05 Å². The summed E-state index contributed by atoms with van der Waals surface area (Å²) in [4.78, 5) is 36.3. The van der Waals surface area contributed by atoms with Crippen LogP contribution in [0.3, 0.4) is 0 Å². The number of primary amides is 1. The van der Waals surface area contributed by atoms with E-state index in [1.165, 1.54) is 4.57 Å². The number of fused-ring (bicyclic) bond motifs is 1. The lowest BCUT2D eigenvalue weighted by Gasteiger charge is -2.28. The van der Waals surface area contributed by atoms with Crippen LogP contribution in [0.2, 0.25) is 0 Å². The highest BCUT2D eigenvalue weighted by Gasteiger charge is 2.32. The molecule has 118 valence electrons. The van der Waals surface area contributed by atoms with Crippen LogP contribution in [0.15, 0.2) is 29.1 Å². The van der Waals surface area contributed by atoms with Gasteiger partial charge in [-0.1, -0.05) is 32.9 Å². The van der Waals surface area contributed by atoms with E-state index >= 15 is 0 Å². The predicted molar refractivity (Wildman–Crippen MR) is 83.5 cm³/mol. The van der Waals surface area contributed by atoms with Crippen LogP contribution in [-0.2, 0) is 11.8 Å². The van der Waals surface area contributed by atoms with Gasteiger partial charge in [0.05, 0.1) is 11.0 Å². The molecule has 22 heavy (non-hydrogen) atoms. The summed E-state index contributed by atoms with van der Waals surface area (Å²) in [6, 6.07) is 5.39. The second kappa shape index (κ2) is 5.32. The monoisotopic (exact) mass is 304 g/mol. The number of aryl methyl sites for hydroxylation is 1. The molecule has 1 aromatic carbocycles. The quantitative estimate of drug-likeness (QED) is 0.858. The fourth-order valence-electron chi connectivity index (χ4n) is 2.39. The highest BCUT2D eigenvalue weighted by molar-refractivity contribution is 5.92. The summed E-state index contributed by atoms with van der Waals surface area (Å²) in [6.45, 7) is 5.36. The third kappa shape index (κ3) is 2.61. The first-order chi connectivity index (χ1) is 10.1. The lowest BCUT2D eigenvalue weighted by atomic mass is 9.86. The van der Waals surface area contributed by atoms with Gasteiger partial charge in [0.2, 0.25) is 5.91 Å². The molecule has 0 saturated carbocycles. The number of nitrogens with zero attached hydrogens (tertiary/aromatic N) is 2. The Morgan fingerprint density at radius 2 is 1.73 bits per heavy atom. The number of imidazole rings is 1. The van der Waals surface area contributed by atoms with Gasteiger partial charge >= 0.3 is 11.7 Å². The van der Waals surface area contributed by atoms with Crippen molar-refractivity contribution in [3.05, 3.63) is 34.7 Å². The van der Waals surface area contributed by atoms with Gasteiger partial charge in [0.15, 0.2) is 0 Å². The molecule has 0 unspecified atom stereocenters. The molecule has 0 aliphatic rings. The van der Waals surface area contributed by atoms with Crippen molar-refractivity contribution in [3.8, 4) is 0 Å². The van der Waals surface area contributed by atoms with Crippen molar-refractivity contribution in [2.75, 3.05) is 0 Å². The van der Waals surface area contributed by atoms with E-state index in [0.29, 0.717) is 11.0 Å². The average molecular weight is 304 g/mol. The van der Waals surface area contributed by atoms with E-state index in [4.69, 9.17) is 5.73 Å². The molecule has 1 aromatic heterocycles. The molecule has 2 aromatic rings. The highest BCUT2D eigenvalue weighted by atomic mass is 16.2. The summed E-state index contributed by atoms with van der Waals surface area (Å²) in [5.41, 5.74) is 5.43. The first-order valence-corrected chi connectivity index (χ1v) is 6.91. The van der Waals surface area contributed by atoms with Crippen molar-refractivity contribution in [3.63, 3.8) is 0 Å². The number of hydrogen-bond donors (Lipinski definition) is 2. The summed E-state index contributed by atoms with van der Waals surface area (Å²) in [7, 11) is 1.59. The number of nitrogens with two attached hydrogens (primary N) is 1. The van der Waals surface area contributed by atoms with E-state index in [9.17, 15) is 14.4 Å².